The molecule has 0 radical (unpaired) electrons. The van der Waals surface area contributed by atoms with Gasteiger partial charge in [0.1, 0.15) is 0 Å². The molecular weight excluding hydrogens is 192 g/mol. The lowest BCUT2D eigenvalue weighted by atomic mass is 9.79. The van der Waals surface area contributed by atoms with Gasteiger partial charge in [0.15, 0.2) is 0 Å². The molecule has 1 unspecified atom stereocenters. The number of hydrogen-bond donors (Lipinski definition) is 2. The molecule has 0 saturated carbocycles. The van der Waals surface area contributed by atoms with E-state index in [2.05, 4.69) is 4.98 Å². The first-order chi connectivity index (χ1) is 7.18. The van der Waals surface area contributed by atoms with Crippen LogP contribution in [0.2, 0.25) is 0 Å². The Labute approximate surface area is 88.1 Å². The van der Waals surface area contributed by atoms with Gasteiger partial charge in [-0.25, -0.2) is 0 Å². The molecule has 3 N–H and O–H groups in total. The summed E-state index contributed by atoms with van der Waals surface area (Å²) in [5.74, 6) is -0.794. The minimum absolute atomic E-state index is 0.0994. The lowest BCUT2D eigenvalue weighted by Crippen LogP contribution is -2.35. The largest absolute Gasteiger partial charge is 0.481 e. The Morgan fingerprint density at radius 2 is 2.47 bits per heavy atom. The van der Waals surface area contributed by atoms with Gasteiger partial charge in [-0.05, 0) is 24.5 Å². The number of nitrogens with two attached hydrogens (primary N) is 1. The topological polar surface area (TPSA) is 76.2 Å². The average molecular weight is 206 g/mol. The fourth-order valence-corrected chi connectivity index (χ4v) is 2.37. The molecule has 0 saturated heterocycles. The van der Waals surface area contributed by atoms with E-state index in [1.54, 1.807) is 6.20 Å². The third-order valence-electron chi connectivity index (χ3n) is 3.18. The highest BCUT2D eigenvalue weighted by molar-refractivity contribution is 5.69. The minimum Gasteiger partial charge on any atom is -0.481 e. The molecule has 80 valence electrons. The van der Waals surface area contributed by atoms with Crippen molar-refractivity contribution in [2.75, 3.05) is 6.54 Å². The molecule has 0 spiro atoms. The van der Waals surface area contributed by atoms with Crippen molar-refractivity contribution in [1.82, 2.24) is 4.98 Å². The van der Waals surface area contributed by atoms with Crippen LogP contribution >= 0.6 is 0 Å². The number of rotatable bonds is 3. The number of carboxylic acids is 1. The zero-order valence-electron chi connectivity index (χ0n) is 8.44. The summed E-state index contributed by atoms with van der Waals surface area (Å²) in [5, 5.41) is 8.92. The zero-order valence-corrected chi connectivity index (χ0v) is 8.44. The molecule has 2 rings (SSSR count). The average Bonchev–Trinajstić information content (AvgIpc) is 2.58. The second kappa shape index (κ2) is 3.62. The highest BCUT2D eigenvalue weighted by Crippen LogP contribution is 2.39. The Balaban J connectivity index is 2.41. The second-order valence-corrected chi connectivity index (χ2v) is 4.05. The standard InChI is InChI=1S/C11H14N2O2/c12-7-11(6-10(14)15)4-3-9-8(11)2-1-5-13-9/h1-2,5H,3-4,6-7,12H2,(H,14,15). The van der Waals surface area contributed by atoms with Crippen LogP contribution in [-0.2, 0) is 16.6 Å². The molecule has 15 heavy (non-hydrogen) atoms. The predicted molar refractivity (Wildman–Crippen MR) is 55.5 cm³/mol. The van der Waals surface area contributed by atoms with Crippen LogP contribution in [0.1, 0.15) is 24.1 Å². The first-order valence-corrected chi connectivity index (χ1v) is 5.04. The van der Waals surface area contributed by atoms with Crippen molar-refractivity contribution in [2.24, 2.45) is 5.73 Å². The van der Waals surface area contributed by atoms with Crippen molar-refractivity contribution in [2.45, 2.75) is 24.7 Å². The first kappa shape index (κ1) is 10.1. The third-order valence-corrected chi connectivity index (χ3v) is 3.18. The van der Waals surface area contributed by atoms with Gasteiger partial charge < -0.3 is 10.8 Å². The van der Waals surface area contributed by atoms with E-state index in [-0.39, 0.29) is 6.42 Å². The third kappa shape index (κ3) is 1.61. The van der Waals surface area contributed by atoms with Crippen molar-refractivity contribution in [3.63, 3.8) is 0 Å². The summed E-state index contributed by atoms with van der Waals surface area (Å²) >= 11 is 0. The van der Waals surface area contributed by atoms with Gasteiger partial charge in [-0.2, -0.15) is 0 Å². The van der Waals surface area contributed by atoms with Crippen LogP contribution < -0.4 is 5.73 Å². The van der Waals surface area contributed by atoms with E-state index < -0.39 is 11.4 Å². The van der Waals surface area contributed by atoms with E-state index in [4.69, 9.17) is 10.8 Å². The van der Waals surface area contributed by atoms with Gasteiger partial charge in [0.25, 0.3) is 0 Å². The van der Waals surface area contributed by atoms with Crippen molar-refractivity contribution in [3.05, 3.63) is 29.6 Å². The van der Waals surface area contributed by atoms with Crippen molar-refractivity contribution < 1.29 is 9.90 Å². The highest BCUT2D eigenvalue weighted by Gasteiger charge is 2.39. The van der Waals surface area contributed by atoms with E-state index in [0.717, 1.165) is 24.1 Å². The summed E-state index contributed by atoms with van der Waals surface area (Å²) in [6.07, 6.45) is 3.47. The van der Waals surface area contributed by atoms with Crippen LogP contribution in [0.15, 0.2) is 18.3 Å². The number of aliphatic carboxylic acids is 1. The fourth-order valence-electron chi connectivity index (χ4n) is 2.37. The monoisotopic (exact) mass is 206 g/mol. The molecule has 4 heteroatoms. The maximum atomic E-state index is 10.9. The maximum Gasteiger partial charge on any atom is 0.304 e. The molecule has 1 aromatic rings. The molecule has 4 nitrogen and oxygen atoms in total. The van der Waals surface area contributed by atoms with Crippen LogP contribution in [0, 0.1) is 0 Å². The summed E-state index contributed by atoms with van der Waals surface area (Å²) in [6.45, 7) is 0.373. The maximum absolute atomic E-state index is 10.9. The molecule has 0 fully saturated rings. The summed E-state index contributed by atoms with van der Waals surface area (Å²) < 4.78 is 0. The smallest absolute Gasteiger partial charge is 0.304 e. The number of aryl methyl sites for hydroxylation is 1. The molecule has 1 atom stereocenters. The SMILES string of the molecule is NCC1(CC(=O)O)CCc2ncccc21. The predicted octanol–water partition coefficient (Wildman–Crippen LogP) is 0.699. The molecule has 1 aliphatic carbocycles. The van der Waals surface area contributed by atoms with Crippen LogP contribution in [0.25, 0.3) is 0 Å². The van der Waals surface area contributed by atoms with Crippen LogP contribution in [0.4, 0.5) is 0 Å². The van der Waals surface area contributed by atoms with Crippen molar-refractivity contribution in [1.29, 1.82) is 0 Å². The number of fused-ring (bicyclic) bond motifs is 1. The number of hydrogen-bond acceptors (Lipinski definition) is 3. The summed E-state index contributed by atoms with van der Waals surface area (Å²) in [4.78, 5) is 15.1. The van der Waals surface area contributed by atoms with Crippen molar-refractivity contribution in [3.8, 4) is 0 Å². The Hall–Kier alpha value is -1.42. The summed E-state index contributed by atoms with van der Waals surface area (Å²) in [5.41, 5.74) is 7.37. The number of aromatic nitrogens is 1. The molecule has 1 heterocycles. The first-order valence-electron chi connectivity index (χ1n) is 5.04. The number of carbonyl (C=O) groups is 1. The summed E-state index contributed by atoms with van der Waals surface area (Å²) in [6, 6.07) is 3.79. The van der Waals surface area contributed by atoms with Crippen molar-refractivity contribution >= 4 is 5.97 Å². The van der Waals surface area contributed by atoms with E-state index >= 15 is 0 Å². The highest BCUT2D eigenvalue weighted by atomic mass is 16.4. The van der Waals surface area contributed by atoms with Crippen LogP contribution in [-0.4, -0.2) is 22.6 Å². The molecule has 0 aliphatic heterocycles. The van der Waals surface area contributed by atoms with Crippen LogP contribution in [0.5, 0.6) is 0 Å². The summed E-state index contributed by atoms with van der Waals surface area (Å²) in [7, 11) is 0. The molecular formula is C11H14N2O2. The van der Waals surface area contributed by atoms with E-state index in [1.165, 1.54) is 0 Å². The van der Waals surface area contributed by atoms with Gasteiger partial charge in [-0.3, -0.25) is 9.78 Å². The number of carboxylic acid groups (broad SMARTS) is 1. The molecule has 1 aromatic heterocycles. The number of pyridine rings is 1. The lowest BCUT2D eigenvalue weighted by molar-refractivity contribution is -0.138. The fraction of sp³-hybridized carbons (Fsp3) is 0.455. The second-order valence-electron chi connectivity index (χ2n) is 4.05. The number of nitrogens with zero attached hydrogens (tertiary/aromatic N) is 1. The van der Waals surface area contributed by atoms with Gasteiger partial charge in [0.05, 0.1) is 6.42 Å². The molecule has 1 aliphatic rings. The Bertz CT molecular complexity index is 392. The Morgan fingerprint density at radius 1 is 1.67 bits per heavy atom. The van der Waals surface area contributed by atoms with E-state index in [0.29, 0.717) is 6.54 Å². The minimum atomic E-state index is -0.794. The zero-order chi connectivity index (χ0) is 10.9. The van der Waals surface area contributed by atoms with Gasteiger partial charge in [0.2, 0.25) is 0 Å². The van der Waals surface area contributed by atoms with Gasteiger partial charge in [0, 0.05) is 23.9 Å². The van der Waals surface area contributed by atoms with E-state index in [1.807, 2.05) is 12.1 Å². The van der Waals surface area contributed by atoms with Gasteiger partial charge in [-0.1, -0.05) is 6.07 Å². The Kier molecular flexibility index (Phi) is 2.44. The molecule has 0 aromatic carbocycles. The quantitative estimate of drug-likeness (QED) is 0.763. The lowest BCUT2D eigenvalue weighted by Gasteiger charge is -2.26. The molecule has 0 amide bonds. The Morgan fingerprint density at radius 3 is 3.13 bits per heavy atom. The van der Waals surface area contributed by atoms with Gasteiger partial charge in [-0.15, -0.1) is 0 Å². The van der Waals surface area contributed by atoms with Gasteiger partial charge >= 0.3 is 5.97 Å². The molecule has 0 bridgehead atoms. The van der Waals surface area contributed by atoms with Crippen LogP contribution in [0.3, 0.4) is 0 Å². The van der Waals surface area contributed by atoms with E-state index in [9.17, 15) is 4.79 Å². The normalized spacial score (nSPS) is 23.8.